The Morgan fingerprint density at radius 3 is 1.65 bits per heavy atom. The van der Waals surface area contributed by atoms with Crippen LogP contribution in [0.1, 0.15) is 26.3 Å². The van der Waals surface area contributed by atoms with Gasteiger partial charge in [0.15, 0.2) is 17.0 Å². The lowest BCUT2D eigenvalue weighted by atomic mass is 9.75. The molecule has 0 fully saturated rings. The summed E-state index contributed by atoms with van der Waals surface area (Å²) in [6.45, 7) is 0. The van der Waals surface area contributed by atoms with Crippen molar-refractivity contribution < 1.29 is 14.4 Å². The van der Waals surface area contributed by atoms with Crippen LogP contribution >= 0.6 is 0 Å². The van der Waals surface area contributed by atoms with Gasteiger partial charge in [0.2, 0.25) is 0 Å². The minimum atomic E-state index is -1.90. The molecule has 0 saturated carbocycles. The zero-order valence-corrected chi connectivity index (χ0v) is 13.8. The minimum Gasteiger partial charge on any atom is -0.325 e. The van der Waals surface area contributed by atoms with Crippen molar-refractivity contribution in [1.82, 2.24) is 0 Å². The van der Waals surface area contributed by atoms with E-state index in [2.05, 4.69) is 5.32 Å². The number of anilines is 1. The summed E-state index contributed by atoms with van der Waals surface area (Å²) in [7, 11) is 0. The third-order valence-electron chi connectivity index (χ3n) is 4.68. The number of para-hydroxylation sites is 1. The van der Waals surface area contributed by atoms with Gasteiger partial charge in [-0.2, -0.15) is 0 Å². The molecule has 4 nitrogen and oxygen atoms in total. The first-order valence-electron chi connectivity index (χ1n) is 8.26. The predicted molar refractivity (Wildman–Crippen MR) is 98.3 cm³/mol. The maximum Gasteiger partial charge on any atom is 0.251 e. The summed E-state index contributed by atoms with van der Waals surface area (Å²) in [4.78, 5) is 39.8. The first-order chi connectivity index (χ1) is 12.7. The van der Waals surface area contributed by atoms with Gasteiger partial charge >= 0.3 is 0 Å². The fraction of sp³-hybridized carbons (Fsp3) is 0.0455. The van der Waals surface area contributed by atoms with Gasteiger partial charge in [-0.1, -0.05) is 72.8 Å². The molecule has 4 rings (SSSR count). The second-order valence-corrected chi connectivity index (χ2v) is 6.14. The van der Waals surface area contributed by atoms with Crippen LogP contribution in [0, 0.1) is 0 Å². The van der Waals surface area contributed by atoms with Gasteiger partial charge < -0.3 is 5.32 Å². The Balaban J connectivity index is 1.89. The molecular formula is C22H15NO3. The number of fused-ring (bicyclic) bond motifs is 1. The van der Waals surface area contributed by atoms with E-state index in [4.69, 9.17) is 0 Å². The minimum absolute atomic E-state index is 0.282. The van der Waals surface area contributed by atoms with Crippen molar-refractivity contribution in [3.05, 3.63) is 102 Å². The monoisotopic (exact) mass is 341 g/mol. The number of carbonyl (C=O) groups excluding carboxylic acids is 3. The van der Waals surface area contributed by atoms with Gasteiger partial charge in [-0.25, -0.2) is 0 Å². The number of rotatable bonds is 3. The Kier molecular flexibility index (Phi) is 3.73. The van der Waals surface area contributed by atoms with Crippen molar-refractivity contribution in [2.45, 2.75) is 5.41 Å². The van der Waals surface area contributed by atoms with E-state index >= 15 is 0 Å². The summed E-state index contributed by atoms with van der Waals surface area (Å²) in [5, 5.41) is 2.74. The first kappa shape index (κ1) is 16.0. The van der Waals surface area contributed by atoms with E-state index in [1.54, 1.807) is 78.9 Å². The van der Waals surface area contributed by atoms with Crippen molar-refractivity contribution >= 4 is 23.2 Å². The van der Waals surface area contributed by atoms with Crippen LogP contribution in [0.5, 0.6) is 0 Å². The molecule has 1 aliphatic carbocycles. The van der Waals surface area contributed by atoms with Gasteiger partial charge in [0.25, 0.3) is 5.91 Å². The number of hydrogen-bond donors (Lipinski definition) is 1. The zero-order valence-electron chi connectivity index (χ0n) is 13.8. The molecule has 0 spiro atoms. The van der Waals surface area contributed by atoms with Crippen molar-refractivity contribution in [2.24, 2.45) is 0 Å². The highest BCUT2D eigenvalue weighted by Gasteiger charge is 2.59. The van der Waals surface area contributed by atoms with Crippen LogP contribution in [-0.4, -0.2) is 17.5 Å². The summed E-state index contributed by atoms with van der Waals surface area (Å²) in [6.07, 6.45) is 0. The number of benzene rings is 3. The van der Waals surface area contributed by atoms with Crippen molar-refractivity contribution in [3.8, 4) is 0 Å². The molecule has 0 saturated heterocycles. The molecule has 0 radical (unpaired) electrons. The number of ketones is 2. The lowest BCUT2D eigenvalue weighted by Crippen LogP contribution is -2.49. The topological polar surface area (TPSA) is 63.2 Å². The molecule has 126 valence electrons. The van der Waals surface area contributed by atoms with Crippen molar-refractivity contribution in [3.63, 3.8) is 0 Å². The summed E-state index contributed by atoms with van der Waals surface area (Å²) < 4.78 is 0. The molecule has 0 atom stereocenters. The summed E-state index contributed by atoms with van der Waals surface area (Å²) >= 11 is 0. The molecule has 0 aromatic heterocycles. The van der Waals surface area contributed by atoms with E-state index in [0.29, 0.717) is 11.3 Å². The Hall–Kier alpha value is -3.53. The molecule has 0 unspecified atom stereocenters. The van der Waals surface area contributed by atoms with Crippen LogP contribution in [0.3, 0.4) is 0 Å². The first-order valence-corrected chi connectivity index (χ1v) is 8.26. The number of Topliss-reactive ketones (excluding diaryl/α,β-unsaturated/α-hetero) is 2. The van der Waals surface area contributed by atoms with Gasteiger partial charge in [0, 0.05) is 16.8 Å². The number of amides is 1. The highest BCUT2D eigenvalue weighted by atomic mass is 16.2. The van der Waals surface area contributed by atoms with Gasteiger partial charge in [0.05, 0.1) is 0 Å². The van der Waals surface area contributed by atoms with Crippen LogP contribution in [-0.2, 0) is 10.2 Å². The average Bonchev–Trinajstić information content (AvgIpc) is 2.92. The molecule has 26 heavy (non-hydrogen) atoms. The maximum absolute atomic E-state index is 13.3. The Bertz CT molecular complexity index is 975. The second-order valence-electron chi connectivity index (χ2n) is 6.14. The van der Waals surface area contributed by atoms with E-state index in [-0.39, 0.29) is 11.1 Å². The molecule has 1 N–H and O–H groups in total. The van der Waals surface area contributed by atoms with E-state index < -0.39 is 22.9 Å². The molecule has 3 aromatic carbocycles. The lowest BCUT2D eigenvalue weighted by Gasteiger charge is -2.25. The fourth-order valence-corrected chi connectivity index (χ4v) is 3.42. The number of nitrogens with one attached hydrogen (secondary N) is 1. The Labute approximate surface area is 150 Å². The third-order valence-corrected chi connectivity index (χ3v) is 4.68. The van der Waals surface area contributed by atoms with Crippen LogP contribution in [0.15, 0.2) is 84.9 Å². The number of carbonyl (C=O) groups is 3. The molecule has 1 aliphatic rings. The highest BCUT2D eigenvalue weighted by molar-refractivity contribution is 6.44. The van der Waals surface area contributed by atoms with E-state index in [9.17, 15) is 14.4 Å². The normalized spacial score (nSPS) is 14.8. The van der Waals surface area contributed by atoms with Gasteiger partial charge in [0.1, 0.15) is 0 Å². The van der Waals surface area contributed by atoms with Crippen LogP contribution in [0.25, 0.3) is 0 Å². The Morgan fingerprint density at radius 1 is 0.654 bits per heavy atom. The predicted octanol–water partition coefficient (Wildman–Crippen LogP) is 3.64. The van der Waals surface area contributed by atoms with Crippen LogP contribution < -0.4 is 5.32 Å². The summed E-state index contributed by atoms with van der Waals surface area (Å²) in [6, 6.07) is 23.9. The SMILES string of the molecule is O=C(Nc1ccccc1)C1(c2ccccc2)C(=O)c2ccccc2C1=O. The summed E-state index contributed by atoms with van der Waals surface area (Å²) in [5.41, 5.74) is -0.432. The maximum atomic E-state index is 13.3. The largest absolute Gasteiger partial charge is 0.325 e. The van der Waals surface area contributed by atoms with E-state index in [1.807, 2.05) is 6.07 Å². The molecule has 3 aromatic rings. The molecule has 0 heterocycles. The smallest absolute Gasteiger partial charge is 0.251 e. The quantitative estimate of drug-likeness (QED) is 0.740. The molecule has 0 aliphatic heterocycles. The highest BCUT2D eigenvalue weighted by Crippen LogP contribution is 2.40. The van der Waals surface area contributed by atoms with E-state index in [1.165, 1.54) is 0 Å². The third kappa shape index (κ3) is 2.19. The molecule has 1 amide bonds. The Morgan fingerprint density at radius 2 is 1.12 bits per heavy atom. The average molecular weight is 341 g/mol. The number of hydrogen-bond acceptors (Lipinski definition) is 3. The molecule has 4 heteroatoms. The summed E-state index contributed by atoms with van der Waals surface area (Å²) in [5.74, 6) is -1.61. The lowest BCUT2D eigenvalue weighted by molar-refractivity contribution is -0.118. The van der Waals surface area contributed by atoms with Gasteiger partial charge in [-0.05, 0) is 17.7 Å². The molecular weight excluding hydrogens is 326 g/mol. The van der Waals surface area contributed by atoms with Gasteiger partial charge in [-0.15, -0.1) is 0 Å². The fourth-order valence-electron chi connectivity index (χ4n) is 3.42. The van der Waals surface area contributed by atoms with Crippen molar-refractivity contribution in [1.29, 1.82) is 0 Å². The molecule has 0 bridgehead atoms. The van der Waals surface area contributed by atoms with Crippen molar-refractivity contribution in [2.75, 3.05) is 5.32 Å². The van der Waals surface area contributed by atoms with Crippen LogP contribution in [0.2, 0.25) is 0 Å². The van der Waals surface area contributed by atoms with E-state index in [0.717, 1.165) is 0 Å². The van der Waals surface area contributed by atoms with Crippen LogP contribution in [0.4, 0.5) is 5.69 Å². The van der Waals surface area contributed by atoms with Gasteiger partial charge in [-0.3, -0.25) is 14.4 Å². The zero-order chi connectivity index (χ0) is 18.1. The second kappa shape index (κ2) is 6.08. The standard InChI is InChI=1S/C22H15NO3/c24-19-17-13-7-8-14-18(17)20(25)22(19,15-9-3-1-4-10-15)21(26)23-16-11-5-2-6-12-16/h1-14H,(H,23,26).